The highest BCUT2D eigenvalue weighted by molar-refractivity contribution is 6.33. The summed E-state index contributed by atoms with van der Waals surface area (Å²) < 4.78 is 0. The topological polar surface area (TPSA) is 54.9 Å². The van der Waals surface area contributed by atoms with Crippen LogP contribution in [-0.4, -0.2) is 15.9 Å². The van der Waals surface area contributed by atoms with Crippen molar-refractivity contribution in [1.82, 2.24) is 9.97 Å². The normalized spacial score (nSPS) is 10.3. The molecule has 2 aromatic heterocycles. The van der Waals surface area contributed by atoms with Crippen molar-refractivity contribution >= 4 is 23.2 Å². The zero-order chi connectivity index (χ0) is 14.0. The third-order valence-corrected chi connectivity index (χ3v) is 3.07. The number of anilines is 1. The largest absolute Gasteiger partial charge is 0.320 e. The molecule has 0 aliphatic rings. The number of carbonyl (C=O) groups is 1. The molecule has 0 aliphatic heterocycles. The van der Waals surface area contributed by atoms with Crippen LogP contribution in [0, 0.1) is 20.8 Å². The number of amides is 1. The number of nitrogens with zero attached hydrogens (tertiary/aromatic N) is 2. The smallest absolute Gasteiger partial charge is 0.258 e. The summed E-state index contributed by atoms with van der Waals surface area (Å²) in [7, 11) is 0. The lowest BCUT2D eigenvalue weighted by molar-refractivity contribution is 0.102. The van der Waals surface area contributed by atoms with E-state index in [1.165, 1.54) is 0 Å². The SMILES string of the molecule is Cc1cc(C)c(NC(=O)c2cccnc2Cl)c(C)n1. The van der Waals surface area contributed by atoms with Crippen LogP contribution < -0.4 is 5.32 Å². The summed E-state index contributed by atoms with van der Waals surface area (Å²) in [5, 5.41) is 3.03. The summed E-state index contributed by atoms with van der Waals surface area (Å²) in [6.45, 7) is 5.71. The number of hydrogen-bond acceptors (Lipinski definition) is 3. The minimum absolute atomic E-state index is 0.190. The van der Waals surface area contributed by atoms with Gasteiger partial charge in [0.25, 0.3) is 5.91 Å². The maximum absolute atomic E-state index is 12.2. The molecular weight excluding hydrogens is 262 g/mol. The lowest BCUT2D eigenvalue weighted by Gasteiger charge is -2.12. The number of rotatable bonds is 2. The molecule has 0 saturated carbocycles. The summed E-state index contributed by atoms with van der Waals surface area (Å²) in [5.74, 6) is -0.282. The summed E-state index contributed by atoms with van der Waals surface area (Å²) in [6, 6.07) is 5.23. The van der Waals surface area contributed by atoms with Crippen LogP contribution in [0.25, 0.3) is 0 Å². The van der Waals surface area contributed by atoms with E-state index in [0.29, 0.717) is 5.56 Å². The first-order valence-corrected chi connectivity index (χ1v) is 6.23. The van der Waals surface area contributed by atoms with E-state index in [9.17, 15) is 4.79 Å². The van der Waals surface area contributed by atoms with Crippen LogP contribution in [0.5, 0.6) is 0 Å². The van der Waals surface area contributed by atoms with E-state index < -0.39 is 0 Å². The van der Waals surface area contributed by atoms with Gasteiger partial charge in [0.1, 0.15) is 5.15 Å². The van der Waals surface area contributed by atoms with Gasteiger partial charge in [-0.3, -0.25) is 9.78 Å². The number of halogens is 1. The minimum Gasteiger partial charge on any atom is -0.320 e. The molecule has 0 atom stereocenters. The summed E-state index contributed by atoms with van der Waals surface area (Å²) in [4.78, 5) is 20.4. The van der Waals surface area contributed by atoms with E-state index in [1.54, 1.807) is 18.3 Å². The maximum atomic E-state index is 12.2. The number of aryl methyl sites for hydroxylation is 3. The second-order valence-corrected chi connectivity index (χ2v) is 4.69. The molecule has 2 heterocycles. The molecule has 98 valence electrons. The van der Waals surface area contributed by atoms with Gasteiger partial charge in [-0.15, -0.1) is 0 Å². The van der Waals surface area contributed by atoms with Gasteiger partial charge < -0.3 is 5.32 Å². The van der Waals surface area contributed by atoms with Crippen LogP contribution in [0.2, 0.25) is 5.15 Å². The molecular formula is C14H14ClN3O. The Bertz CT molecular complexity index is 617. The number of aromatic nitrogens is 2. The van der Waals surface area contributed by atoms with Crippen molar-refractivity contribution in [3.8, 4) is 0 Å². The average Bonchev–Trinajstić information content (AvgIpc) is 2.34. The Labute approximate surface area is 116 Å². The van der Waals surface area contributed by atoms with Crippen LogP contribution in [0.3, 0.4) is 0 Å². The minimum atomic E-state index is -0.282. The van der Waals surface area contributed by atoms with E-state index in [-0.39, 0.29) is 11.1 Å². The summed E-state index contributed by atoms with van der Waals surface area (Å²) in [6.07, 6.45) is 1.54. The van der Waals surface area contributed by atoms with Crippen LogP contribution in [0.4, 0.5) is 5.69 Å². The maximum Gasteiger partial charge on any atom is 0.258 e. The highest BCUT2D eigenvalue weighted by atomic mass is 35.5. The van der Waals surface area contributed by atoms with Crippen LogP contribution in [0.15, 0.2) is 24.4 Å². The van der Waals surface area contributed by atoms with Crippen LogP contribution in [0.1, 0.15) is 27.3 Å². The first kappa shape index (κ1) is 13.5. The molecule has 5 heteroatoms. The number of carbonyl (C=O) groups excluding carboxylic acids is 1. The van der Waals surface area contributed by atoms with Gasteiger partial charge in [0, 0.05) is 11.9 Å². The van der Waals surface area contributed by atoms with E-state index in [0.717, 1.165) is 22.6 Å². The Morgan fingerprint density at radius 3 is 2.68 bits per heavy atom. The van der Waals surface area contributed by atoms with E-state index in [2.05, 4.69) is 15.3 Å². The molecule has 1 N–H and O–H groups in total. The van der Waals surface area contributed by atoms with Crippen molar-refractivity contribution in [2.45, 2.75) is 20.8 Å². The lowest BCUT2D eigenvalue weighted by atomic mass is 10.1. The second kappa shape index (κ2) is 5.36. The predicted molar refractivity (Wildman–Crippen MR) is 75.6 cm³/mol. The van der Waals surface area contributed by atoms with Gasteiger partial charge >= 0.3 is 0 Å². The van der Waals surface area contributed by atoms with Gasteiger partial charge in [-0.05, 0) is 44.5 Å². The Balaban J connectivity index is 2.32. The summed E-state index contributed by atoms with van der Waals surface area (Å²) >= 11 is 5.90. The summed E-state index contributed by atoms with van der Waals surface area (Å²) in [5.41, 5.74) is 3.75. The molecule has 0 unspecified atom stereocenters. The monoisotopic (exact) mass is 275 g/mol. The molecule has 0 aromatic carbocycles. The fourth-order valence-electron chi connectivity index (χ4n) is 1.95. The van der Waals surface area contributed by atoms with E-state index >= 15 is 0 Å². The van der Waals surface area contributed by atoms with Gasteiger partial charge in [-0.25, -0.2) is 4.98 Å². The van der Waals surface area contributed by atoms with E-state index in [4.69, 9.17) is 11.6 Å². The zero-order valence-electron chi connectivity index (χ0n) is 11.0. The first-order chi connectivity index (χ1) is 8.99. The van der Waals surface area contributed by atoms with Crippen LogP contribution in [-0.2, 0) is 0 Å². The van der Waals surface area contributed by atoms with Crippen molar-refractivity contribution < 1.29 is 4.79 Å². The number of hydrogen-bond donors (Lipinski definition) is 1. The Hall–Kier alpha value is -1.94. The van der Waals surface area contributed by atoms with Crippen molar-refractivity contribution in [2.24, 2.45) is 0 Å². The Morgan fingerprint density at radius 1 is 1.32 bits per heavy atom. The molecule has 0 bridgehead atoms. The first-order valence-electron chi connectivity index (χ1n) is 5.85. The fourth-order valence-corrected chi connectivity index (χ4v) is 2.15. The average molecular weight is 276 g/mol. The molecule has 19 heavy (non-hydrogen) atoms. The highest BCUT2D eigenvalue weighted by Gasteiger charge is 2.14. The molecule has 0 fully saturated rings. The molecule has 2 rings (SSSR count). The molecule has 2 aromatic rings. The lowest BCUT2D eigenvalue weighted by Crippen LogP contribution is -2.15. The Kier molecular flexibility index (Phi) is 3.81. The van der Waals surface area contributed by atoms with E-state index in [1.807, 2.05) is 26.8 Å². The molecule has 1 amide bonds. The number of pyridine rings is 2. The Morgan fingerprint density at radius 2 is 2.05 bits per heavy atom. The molecule has 0 aliphatic carbocycles. The third kappa shape index (κ3) is 2.90. The van der Waals surface area contributed by atoms with Crippen molar-refractivity contribution in [3.05, 3.63) is 52.1 Å². The van der Waals surface area contributed by atoms with Gasteiger partial charge in [-0.2, -0.15) is 0 Å². The third-order valence-electron chi connectivity index (χ3n) is 2.77. The van der Waals surface area contributed by atoms with Gasteiger partial charge in [0.05, 0.1) is 16.9 Å². The van der Waals surface area contributed by atoms with Gasteiger partial charge in [0.2, 0.25) is 0 Å². The standard InChI is InChI=1S/C14H14ClN3O/c1-8-7-9(2)17-10(3)12(8)18-14(19)11-5-4-6-16-13(11)15/h4-7H,1-3H3,(H,18,19). The van der Waals surface area contributed by atoms with Gasteiger partial charge in [0.15, 0.2) is 0 Å². The second-order valence-electron chi connectivity index (χ2n) is 4.34. The van der Waals surface area contributed by atoms with Crippen molar-refractivity contribution in [1.29, 1.82) is 0 Å². The molecule has 0 radical (unpaired) electrons. The molecule has 4 nitrogen and oxygen atoms in total. The van der Waals surface area contributed by atoms with Crippen molar-refractivity contribution in [2.75, 3.05) is 5.32 Å². The highest BCUT2D eigenvalue weighted by Crippen LogP contribution is 2.21. The zero-order valence-corrected chi connectivity index (χ0v) is 11.7. The molecule has 0 spiro atoms. The quantitative estimate of drug-likeness (QED) is 0.856. The predicted octanol–water partition coefficient (Wildman–Crippen LogP) is 3.31. The fraction of sp³-hybridized carbons (Fsp3) is 0.214. The molecule has 0 saturated heterocycles. The van der Waals surface area contributed by atoms with Crippen molar-refractivity contribution in [3.63, 3.8) is 0 Å². The number of nitrogens with one attached hydrogen (secondary N) is 1. The van der Waals surface area contributed by atoms with Gasteiger partial charge in [-0.1, -0.05) is 11.6 Å². The van der Waals surface area contributed by atoms with Crippen LogP contribution >= 0.6 is 11.6 Å².